The van der Waals surface area contributed by atoms with E-state index in [1.54, 1.807) is 25.8 Å². The fourth-order valence-electron chi connectivity index (χ4n) is 0.904. The molecule has 4 heteroatoms. The lowest BCUT2D eigenvalue weighted by Gasteiger charge is -2.31. The maximum absolute atomic E-state index is 10.8. The lowest BCUT2D eigenvalue weighted by atomic mass is 10.0. The summed E-state index contributed by atoms with van der Waals surface area (Å²) in [6.45, 7) is 4.21. The number of nitrogens with zero attached hydrogens (tertiary/aromatic N) is 1. The van der Waals surface area contributed by atoms with Crippen LogP contribution in [0.2, 0.25) is 0 Å². The fraction of sp³-hybridized carbons (Fsp3) is 0.889. The number of hydrogen-bond donors (Lipinski definition) is 2. The Labute approximate surface area is 79.2 Å². The Balaban J connectivity index is 3.94. The van der Waals surface area contributed by atoms with Crippen LogP contribution in [0.15, 0.2) is 0 Å². The largest absolute Gasteiger partial charge is 0.480 e. The van der Waals surface area contributed by atoms with Crippen molar-refractivity contribution in [2.75, 3.05) is 20.2 Å². The molecular weight excluding hydrogens is 170 g/mol. The van der Waals surface area contributed by atoms with Crippen LogP contribution in [0.25, 0.3) is 0 Å². The third-order valence-electron chi connectivity index (χ3n) is 2.38. The normalized spacial score (nSPS) is 12.1. The summed E-state index contributed by atoms with van der Waals surface area (Å²) < 4.78 is 0. The maximum atomic E-state index is 10.8. The minimum Gasteiger partial charge on any atom is -0.480 e. The molecule has 0 radical (unpaired) electrons. The van der Waals surface area contributed by atoms with Gasteiger partial charge in [0, 0.05) is 6.61 Å². The van der Waals surface area contributed by atoms with Crippen molar-refractivity contribution in [3.05, 3.63) is 0 Å². The van der Waals surface area contributed by atoms with Gasteiger partial charge in [-0.25, -0.2) is 0 Å². The Morgan fingerprint density at radius 3 is 2.31 bits per heavy atom. The van der Waals surface area contributed by atoms with Crippen molar-refractivity contribution in [3.8, 4) is 0 Å². The van der Waals surface area contributed by atoms with Crippen molar-refractivity contribution in [1.29, 1.82) is 0 Å². The minimum atomic E-state index is -0.824. The van der Waals surface area contributed by atoms with Crippen LogP contribution in [0.1, 0.15) is 26.7 Å². The van der Waals surface area contributed by atoms with Gasteiger partial charge in [-0.2, -0.15) is 0 Å². The molecule has 0 bridgehead atoms. The first-order valence-electron chi connectivity index (χ1n) is 4.48. The molecule has 0 heterocycles. The second-order valence-electron chi connectivity index (χ2n) is 3.72. The first-order valence-corrected chi connectivity index (χ1v) is 4.48. The average molecular weight is 189 g/mol. The molecule has 0 saturated heterocycles. The molecule has 0 spiro atoms. The molecule has 13 heavy (non-hydrogen) atoms. The van der Waals surface area contributed by atoms with E-state index in [1.165, 1.54) is 0 Å². The van der Waals surface area contributed by atoms with Gasteiger partial charge in [-0.15, -0.1) is 0 Å². The molecule has 4 nitrogen and oxygen atoms in total. The topological polar surface area (TPSA) is 60.8 Å². The lowest BCUT2D eigenvalue weighted by molar-refractivity contribution is -0.148. The number of carbonyl (C=O) groups is 1. The molecule has 0 aliphatic heterocycles. The smallest absolute Gasteiger partial charge is 0.323 e. The Morgan fingerprint density at radius 1 is 1.38 bits per heavy atom. The first-order chi connectivity index (χ1) is 5.92. The molecule has 0 fully saturated rings. The van der Waals surface area contributed by atoms with Crippen LogP contribution in [0, 0.1) is 0 Å². The van der Waals surface area contributed by atoms with Crippen LogP contribution in [0.4, 0.5) is 0 Å². The summed E-state index contributed by atoms with van der Waals surface area (Å²) in [4.78, 5) is 12.6. The highest BCUT2D eigenvalue weighted by atomic mass is 16.4. The van der Waals surface area contributed by atoms with Crippen molar-refractivity contribution in [1.82, 2.24) is 4.90 Å². The van der Waals surface area contributed by atoms with Gasteiger partial charge in [0.1, 0.15) is 5.54 Å². The Bertz CT molecular complexity index is 168. The van der Waals surface area contributed by atoms with Gasteiger partial charge in [-0.1, -0.05) is 0 Å². The highest BCUT2D eigenvalue weighted by molar-refractivity contribution is 5.77. The van der Waals surface area contributed by atoms with Crippen molar-refractivity contribution in [2.45, 2.75) is 32.2 Å². The molecule has 0 atom stereocenters. The van der Waals surface area contributed by atoms with E-state index in [-0.39, 0.29) is 6.61 Å². The number of carboxylic acid groups (broad SMARTS) is 1. The molecule has 0 rings (SSSR count). The van der Waals surface area contributed by atoms with Crippen molar-refractivity contribution >= 4 is 5.97 Å². The first kappa shape index (κ1) is 12.4. The third-order valence-corrected chi connectivity index (χ3v) is 2.38. The molecule has 0 aliphatic carbocycles. The van der Waals surface area contributed by atoms with E-state index >= 15 is 0 Å². The summed E-state index contributed by atoms with van der Waals surface area (Å²) in [5, 5.41) is 17.4. The molecule has 0 amide bonds. The number of aliphatic hydroxyl groups excluding tert-OH is 1. The number of rotatable bonds is 6. The standard InChI is InChI=1S/C9H19NO3/c1-9(2,8(12)13)10(3)6-4-5-7-11/h11H,4-7H2,1-3H3,(H,12,13). The van der Waals surface area contributed by atoms with Crippen LogP contribution in [0.5, 0.6) is 0 Å². The van der Waals surface area contributed by atoms with Gasteiger partial charge in [0.15, 0.2) is 0 Å². The van der Waals surface area contributed by atoms with E-state index < -0.39 is 11.5 Å². The minimum absolute atomic E-state index is 0.168. The van der Waals surface area contributed by atoms with Gasteiger partial charge < -0.3 is 10.2 Å². The summed E-state index contributed by atoms with van der Waals surface area (Å²) in [6.07, 6.45) is 1.55. The monoisotopic (exact) mass is 189 g/mol. The van der Waals surface area contributed by atoms with Crippen LogP contribution in [-0.2, 0) is 4.79 Å². The van der Waals surface area contributed by atoms with Crippen molar-refractivity contribution in [3.63, 3.8) is 0 Å². The predicted octanol–water partition coefficient (Wildman–Crippen LogP) is 0.554. The molecule has 2 N–H and O–H groups in total. The molecule has 0 unspecified atom stereocenters. The maximum Gasteiger partial charge on any atom is 0.323 e. The number of hydrogen-bond acceptors (Lipinski definition) is 3. The third kappa shape index (κ3) is 3.74. The van der Waals surface area contributed by atoms with Crippen molar-refractivity contribution in [2.24, 2.45) is 0 Å². The van der Waals surface area contributed by atoms with Crippen LogP contribution < -0.4 is 0 Å². The number of unbranched alkanes of at least 4 members (excludes halogenated alkanes) is 1. The number of carboxylic acids is 1. The highest BCUT2D eigenvalue weighted by Gasteiger charge is 2.31. The van der Waals surface area contributed by atoms with E-state index in [0.29, 0.717) is 6.54 Å². The highest BCUT2D eigenvalue weighted by Crippen LogP contribution is 2.12. The van der Waals surface area contributed by atoms with Gasteiger partial charge in [0.2, 0.25) is 0 Å². The zero-order valence-electron chi connectivity index (χ0n) is 8.58. The summed E-state index contributed by atoms with van der Waals surface area (Å²) >= 11 is 0. The van der Waals surface area contributed by atoms with E-state index in [1.807, 2.05) is 0 Å². The molecular formula is C9H19NO3. The summed E-state index contributed by atoms with van der Waals surface area (Å²) in [5.41, 5.74) is -0.824. The molecule has 0 aromatic rings. The summed E-state index contributed by atoms with van der Waals surface area (Å²) in [7, 11) is 1.78. The number of likely N-dealkylation sites (N-methyl/N-ethyl adjacent to an activating group) is 1. The van der Waals surface area contributed by atoms with E-state index in [4.69, 9.17) is 10.2 Å². The van der Waals surface area contributed by atoms with E-state index in [9.17, 15) is 4.79 Å². The van der Waals surface area contributed by atoms with E-state index in [0.717, 1.165) is 12.8 Å². The molecule has 0 saturated carbocycles. The number of aliphatic carboxylic acids is 1. The average Bonchev–Trinajstić information content (AvgIpc) is 2.04. The SMILES string of the molecule is CN(CCCCO)C(C)(C)C(=O)O. The molecule has 0 aromatic carbocycles. The van der Waals surface area contributed by atoms with Gasteiger partial charge >= 0.3 is 5.97 Å². The Morgan fingerprint density at radius 2 is 1.92 bits per heavy atom. The van der Waals surface area contributed by atoms with Gasteiger partial charge in [-0.3, -0.25) is 9.69 Å². The van der Waals surface area contributed by atoms with Crippen LogP contribution in [-0.4, -0.2) is 46.8 Å². The van der Waals surface area contributed by atoms with Crippen LogP contribution in [0.3, 0.4) is 0 Å². The lowest BCUT2D eigenvalue weighted by Crippen LogP contribution is -2.48. The fourth-order valence-corrected chi connectivity index (χ4v) is 0.904. The second kappa shape index (κ2) is 5.19. The van der Waals surface area contributed by atoms with Gasteiger partial charge in [-0.05, 0) is 40.3 Å². The Hall–Kier alpha value is -0.610. The number of aliphatic hydroxyl groups is 1. The van der Waals surface area contributed by atoms with Gasteiger partial charge in [0.05, 0.1) is 0 Å². The molecule has 78 valence electrons. The predicted molar refractivity (Wildman–Crippen MR) is 50.7 cm³/mol. The second-order valence-corrected chi connectivity index (χ2v) is 3.72. The zero-order valence-corrected chi connectivity index (χ0v) is 8.58. The molecule has 0 aromatic heterocycles. The van der Waals surface area contributed by atoms with Crippen molar-refractivity contribution < 1.29 is 15.0 Å². The molecule has 0 aliphatic rings. The quantitative estimate of drug-likeness (QED) is 0.599. The Kier molecular flexibility index (Phi) is 4.95. The van der Waals surface area contributed by atoms with Gasteiger partial charge in [0.25, 0.3) is 0 Å². The zero-order chi connectivity index (χ0) is 10.5. The van der Waals surface area contributed by atoms with Crippen LogP contribution >= 0.6 is 0 Å². The summed E-state index contributed by atoms with van der Waals surface area (Å²) in [5.74, 6) is -0.820. The summed E-state index contributed by atoms with van der Waals surface area (Å²) in [6, 6.07) is 0. The van der Waals surface area contributed by atoms with E-state index in [2.05, 4.69) is 0 Å².